The van der Waals surface area contributed by atoms with Gasteiger partial charge in [-0.1, -0.05) is 83.5 Å². The monoisotopic (exact) mass is 387 g/mol. The van der Waals surface area contributed by atoms with E-state index in [4.69, 9.17) is 16.4 Å². The molecule has 0 saturated heterocycles. The van der Waals surface area contributed by atoms with Crippen LogP contribution in [0.4, 0.5) is 0 Å². The largest absolute Gasteiger partial charge is 0.379 e. The maximum absolute atomic E-state index is 13.6. The number of hydrogen-bond donors (Lipinski definition) is 0. The van der Waals surface area contributed by atoms with Gasteiger partial charge in [-0.2, -0.15) is 0 Å². The van der Waals surface area contributed by atoms with Gasteiger partial charge >= 0.3 is 0 Å². The first-order chi connectivity index (χ1) is 13.7. The fourth-order valence-electron chi connectivity index (χ4n) is 4.35. The molecule has 2 unspecified atom stereocenters. The van der Waals surface area contributed by atoms with Crippen LogP contribution in [0, 0.1) is 0 Å². The Morgan fingerprint density at radius 1 is 0.929 bits per heavy atom. The molecule has 28 heavy (non-hydrogen) atoms. The Bertz CT molecular complexity index is 1080. The number of hydrogen-bond acceptors (Lipinski definition) is 3. The lowest BCUT2D eigenvalue weighted by atomic mass is 9.68. The number of oxime groups is 1. The number of nitrogens with zero attached hydrogens (tertiary/aromatic N) is 1. The highest BCUT2D eigenvalue weighted by Crippen LogP contribution is 2.47. The predicted octanol–water partition coefficient (Wildman–Crippen LogP) is 5.43. The highest BCUT2D eigenvalue weighted by atomic mass is 35.5. The first-order valence-electron chi connectivity index (χ1n) is 9.39. The molecule has 0 amide bonds. The first-order valence-corrected chi connectivity index (χ1v) is 9.76. The molecule has 0 bridgehead atoms. The molecule has 0 fully saturated rings. The van der Waals surface area contributed by atoms with E-state index in [1.54, 1.807) is 0 Å². The summed E-state index contributed by atoms with van der Waals surface area (Å²) < 4.78 is 0. The smallest absolute Gasteiger partial charge is 0.212 e. The van der Waals surface area contributed by atoms with Gasteiger partial charge in [0.1, 0.15) is 0 Å². The van der Waals surface area contributed by atoms with Crippen LogP contribution in [0.5, 0.6) is 0 Å². The number of halogens is 1. The zero-order valence-electron chi connectivity index (χ0n) is 15.1. The van der Waals surface area contributed by atoms with E-state index in [-0.39, 0.29) is 11.7 Å². The van der Waals surface area contributed by atoms with Crippen molar-refractivity contribution in [3.8, 4) is 0 Å². The summed E-state index contributed by atoms with van der Waals surface area (Å²) in [5.41, 5.74) is 3.53. The van der Waals surface area contributed by atoms with Crippen LogP contribution in [0.1, 0.15) is 39.4 Å². The van der Waals surface area contributed by atoms with Crippen molar-refractivity contribution in [1.29, 1.82) is 0 Å². The topological polar surface area (TPSA) is 38.7 Å². The summed E-state index contributed by atoms with van der Waals surface area (Å²) in [7, 11) is 0. The van der Waals surface area contributed by atoms with Gasteiger partial charge in [0, 0.05) is 22.6 Å². The minimum Gasteiger partial charge on any atom is -0.379 e. The Morgan fingerprint density at radius 2 is 1.64 bits per heavy atom. The molecule has 0 saturated carbocycles. The van der Waals surface area contributed by atoms with E-state index in [0.29, 0.717) is 11.4 Å². The lowest BCUT2D eigenvalue weighted by molar-refractivity contribution is -0.0196. The summed E-state index contributed by atoms with van der Waals surface area (Å²) in [6.45, 7) is 0. The van der Waals surface area contributed by atoms with Crippen molar-refractivity contribution in [2.24, 2.45) is 5.16 Å². The summed E-state index contributed by atoms with van der Waals surface area (Å²) in [6, 6.07) is 25.4. The first kappa shape index (κ1) is 17.2. The summed E-state index contributed by atoms with van der Waals surface area (Å²) >= 11 is 6.07. The average molecular weight is 388 g/mol. The molecule has 1 aliphatic carbocycles. The number of ketones is 1. The molecule has 1 aliphatic heterocycles. The number of Topliss-reactive ketones (excluding diaryl/α,β-unsaturated/α-hetero) is 1. The number of fused-ring (bicyclic) bond motifs is 1. The molecule has 3 nitrogen and oxygen atoms in total. The summed E-state index contributed by atoms with van der Waals surface area (Å²) in [5.74, 6) is -0.258. The molecule has 0 radical (unpaired) electrons. The Kier molecular flexibility index (Phi) is 4.06. The number of aryl methyl sites for hydroxylation is 1. The Morgan fingerprint density at radius 3 is 2.43 bits per heavy atom. The SMILES string of the molecule is O=C1c2ccccc2CCC12ON=C(c1ccc(Cl)cc1)C2c1ccccc1. The molecular weight excluding hydrogens is 370 g/mol. The maximum atomic E-state index is 13.6. The van der Waals surface area contributed by atoms with Crippen molar-refractivity contribution in [3.63, 3.8) is 0 Å². The van der Waals surface area contributed by atoms with Crippen molar-refractivity contribution >= 4 is 23.1 Å². The van der Waals surface area contributed by atoms with Crippen molar-refractivity contribution < 1.29 is 9.63 Å². The van der Waals surface area contributed by atoms with Gasteiger partial charge in [-0.25, -0.2) is 0 Å². The zero-order valence-corrected chi connectivity index (χ0v) is 15.9. The molecule has 2 aliphatic rings. The fourth-order valence-corrected chi connectivity index (χ4v) is 4.48. The normalized spacial score (nSPS) is 23.2. The van der Waals surface area contributed by atoms with Crippen molar-refractivity contribution in [2.45, 2.75) is 24.4 Å². The van der Waals surface area contributed by atoms with Crippen LogP contribution in [-0.4, -0.2) is 17.1 Å². The predicted molar refractivity (Wildman–Crippen MR) is 110 cm³/mol. The van der Waals surface area contributed by atoms with Crippen LogP contribution in [0.2, 0.25) is 5.02 Å². The van der Waals surface area contributed by atoms with Gasteiger partial charge in [-0.05, 0) is 29.7 Å². The highest BCUT2D eigenvalue weighted by molar-refractivity contribution is 6.30. The minimum atomic E-state index is -1.01. The van der Waals surface area contributed by atoms with E-state index < -0.39 is 5.60 Å². The maximum Gasteiger partial charge on any atom is 0.212 e. The van der Waals surface area contributed by atoms with Gasteiger partial charge in [0.05, 0.1) is 11.6 Å². The molecule has 3 aromatic carbocycles. The number of benzene rings is 3. The second-order valence-electron chi connectivity index (χ2n) is 7.29. The Labute approximate surface area is 168 Å². The Hall–Kier alpha value is -2.91. The molecule has 4 heteroatoms. The Balaban J connectivity index is 1.65. The number of rotatable bonds is 2. The lowest BCUT2D eigenvalue weighted by Gasteiger charge is -2.36. The molecule has 138 valence electrons. The highest BCUT2D eigenvalue weighted by Gasteiger charge is 2.57. The van der Waals surface area contributed by atoms with Crippen molar-refractivity contribution in [3.05, 3.63) is 106 Å². The molecule has 3 aromatic rings. The van der Waals surface area contributed by atoms with Crippen molar-refractivity contribution in [2.75, 3.05) is 0 Å². The standard InChI is InChI=1S/C24H18ClNO2/c25-19-12-10-18(11-13-19)22-21(17-7-2-1-3-8-17)24(28-26-22)15-14-16-6-4-5-9-20(16)23(24)27/h1-13,21H,14-15H2. The molecular formula is C24H18ClNO2. The van der Waals surface area contributed by atoms with Gasteiger partial charge in [0.25, 0.3) is 0 Å². The van der Waals surface area contributed by atoms with E-state index in [9.17, 15) is 4.79 Å². The van der Waals surface area contributed by atoms with Crippen LogP contribution >= 0.6 is 11.6 Å². The van der Waals surface area contributed by atoms with Gasteiger partial charge < -0.3 is 4.84 Å². The molecule has 1 heterocycles. The van der Waals surface area contributed by atoms with Crippen LogP contribution in [-0.2, 0) is 11.3 Å². The van der Waals surface area contributed by atoms with Crippen molar-refractivity contribution in [1.82, 2.24) is 0 Å². The van der Waals surface area contributed by atoms with E-state index >= 15 is 0 Å². The zero-order chi connectivity index (χ0) is 19.1. The van der Waals surface area contributed by atoms with Crippen LogP contribution in [0.3, 0.4) is 0 Å². The lowest BCUT2D eigenvalue weighted by Crippen LogP contribution is -2.48. The van der Waals surface area contributed by atoms with E-state index in [1.165, 1.54) is 0 Å². The van der Waals surface area contributed by atoms with E-state index in [0.717, 1.165) is 34.4 Å². The third-order valence-corrected chi connectivity index (χ3v) is 5.98. The second-order valence-corrected chi connectivity index (χ2v) is 7.73. The third kappa shape index (κ3) is 2.58. The molecule has 0 N–H and O–H groups in total. The quantitative estimate of drug-likeness (QED) is 0.588. The van der Waals surface area contributed by atoms with Gasteiger partial charge in [0.2, 0.25) is 11.4 Å². The molecule has 0 aromatic heterocycles. The van der Waals surface area contributed by atoms with E-state index in [2.05, 4.69) is 5.16 Å². The second kappa shape index (κ2) is 6.61. The summed E-state index contributed by atoms with van der Waals surface area (Å²) in [5, 5.41) is 5.11. The number of carbonyl (C=O) groups is 1. The van der Waals surface area contributed by atoms with Gasteiger partial charge in [-0.3, -0.25) is 4.79 Å². The number of carbonyl (C=O) groups excluding carboxylic acids is 1. The van der Waals surface area contributed by atoms with Crippen LogP contribution < -0.4 is 0 Å². The molecule has 5 rings (SSSR count). The molecule has 2 atom stereocenters. The summed E-state index contributed by atoms with van der Waals surface area (Å²) in [6.07, 6.45) is 1.39. The van der Waals surface area contributed by atoms with Gasteiger partial charge in [-0.15, -0.1) is 0 Å². The average Bonchev–Trinajstić information content (AvgIpc) is 3.12. The van der Waals surface area contributed by atoms with Gasteiger partial charge in [0.15, 0.2) is 0 Å². The molecule has 1 spiro atoms. The fraction of sp³-hybridized carbons (Fsp3) is 0.167. The van der Waals surface area contributed by atoms with Crippen LogP contribution in [0.15, 0.2) is 84.0 Å². The third-order valence-electron chi connectivity index (χ3n) is 5.73. The minimum absolute atomic E-state index is 0.0101. The van der Waals surface area contributed by atoms with Crippen LogP contribution in [0.25, 0.3) is 0 Å². The summed E-state index contributed by atoms with van der Waals surface area (Å²) in [4.78, 5) is 19.7. The van der Waals surface area contributed by atoms with E-state index in [1.807, 2.05) is 78.9 Å².